The summed E-state index contributed by atoms with van der Waals surface area (Å²) in [5, 5.41) is 15.7. The van der Waals surface area contributed by atoms with E-state index in [4.69, 9.17) is 9.98 Å². The molecule has 54 heavy (non-hydrogen) atoms. The van der Waals surface area contributed by atoms with Gasteiger partial charge in [0.05, 0.1) is 17.1 Å². The van der Waals surface area contributed by atoms with Crippen molar-refractivity contribution in [1.29, 1.82) is 0 Å². The van der Waals surface area contributed by atoms with E-state index in [0.29, 0.717) is 0 Å². The lowest BCUT2D eigenvalue weighted by Crippen LogP contribution is -2.26. The molecule has 3 atom stereocenters. The lowest BCUT2D eigenvalue weighted by atomic mass is 10.2. The molecule has 0 radical (unpaired) electrons. The number of aryl methyl sites for hydroxylation is 1. The molecule has 7 aromatic rings. The summed E-state index contributed by atoms with van der Waals surface area (Å²) >= 11 is 0. The maximum atomic E-state index is 5.46. The Kier molecular flexibility index (Phi) is 12.9. The minimum Gasteiger partial charge on any atom is -0.339 e. The van der Waals surface area contributed by atoms with Crippen LogP contribution in [0.4, 0.5) is 22.7 Å². The number of rotatable bonds is 10. The zero-order valence-corrected chi connectivity index (χ0v) is 35.1. The quantitative estimate of drug-likeness (QED) is 0.0826. The largest absolute Gasteiger partial charge is 0.339 e. The van der Waals surface area contributed by atoms with Crippen LogP contribution >= 0.6 is 43.6 Å². The van der Waals surface area contributed by atoms with Crippen LogP contribution in [0, 0.1) is 6.92 Å². The Bertz CT molecular complexity index is 2100. The van der Waals surface area contributed by atoms with Crippen LogP contribution in [0.15, 0.2) is 192 Å². The number of aliphatic imine (C=N–C) groups is 2. The molecule has 266 valence electrons. The van der Waals surface area contributed by atoms with E-state index in [1.54, 1.807) is 0 Å². The number of hydrogen-bond donors (Lipinski definition) is 2. The van der Waals surface area contributed by atoms with Gasteiger partial charge in [0.1, 0.15) is 11.2 Å². The van der Waals surface area contributed by atoms with Gasteiger partial charge in [-0.1, -0.05) is 164 Å². The molecule has 0 aliphatic rings. The fourth-order valence-corrected chi connectivity index (χ4v) is 11.7. The molecule has 0 aliphatic carbocycles. The maximum Gasteiger partial charge on any atom is 0.138 e. The molecule has 4 nitrogen and oxygen atoms in total. The average Bonchev–Trinajstić information content (AvgIpc) is 3.20. The van der Waals surface area contributed by atoms with E-state index in [0.717, 1.165) is 55.4 Å². The standard InChI is InChI=1S/C45H41N4P5/c1-32-17-14-28-39(50)42(32)48-44(53(35-20-6-2-7-21-35)36-22-8-3-9-23-36)46-33-18-15-19-34(31-33)47-45(49-43-40(51)29-16-30-41(43)52)54(37-24-10-4-11-25-37)38-26-12-5-13-27-38/h2-31H,50-52H2,1H3,(H,46,48)(H,47,49). The van der Waals surface area contributed by atoms with E-state index in [1.807, 2.05) is 6.07 Å². The third-order valence-electron chi connectivity index (χ3n) is 8.69. The molecule has 0 spiro atoms. The lowest BCUT2D eigenvalue weighted by Gasteiger charge is -2.24. The van der Waals surface area contributed by atoms with Crippen molar-refractivity contribution in [3.63, 3.8) is 0 Å². The Morgan fingerprint density at radius 1 is 0.407 bits per heavy atom. The van der Waals surface area contributed by atoms with E-state index in [-0.39, 0.29) is 0 Å². The first-order chi connectivity index (χ1) is 26.4. The monoisotopic (exact) mass is 792 g/mol. The highest BCUT2D eigenvalue weighted by Gasteiger charge is 2.24. The molecular weight excluding hydrogens is 751 g/mol. The number of benzene rings is 7. The Hall–Kier alpha value is -4.37. The van der Waals surface area contributed by atoms with Crippen molar-refractivity contribution in [2.45, 2.75) is 6.92 Å². The summed E-state index contributed by atoms with van der Waals surface area (Å²) in [4.78, 5) is 10.9. The number of amidine groups is 2. The molecule has 0 aromatic heterocycles. The van der Waals surface area contributed by atoms with Crippen LogP contribution in [-0.4, -0.2) is 11.2 Å². The lowest BCUT2D eigenvalue weighted by molar-refractivity contribution is 1.45. The zero-order chi connectivity index (χ0) is 37.3. The first kappa shape index (κ1) is 37.9. The molecular formula is C45H41N4P5. The van der Waals surface area contributed by atoms with Gasteiger partial charge < -0.3 is 10.6 Å². The van der Waals surface area contributed by atoms with Crippen molar-refractivity contribution in [2.24, 2.45) is 9.98 Å². The minimum atomic E-state index is -1.05. The molecule has 7 rings (SSSR count). The van der Waals surface area contributed by atoms with Crippen molar-refractivity contribution < 1.29 is 0 Å². The normalized spacial score (nSPS) is 11.9. The topological polar surface area (TPSA) is 48.8 Å². The van der Waals surface area contributed by atoms with E-state index < -0.39 is 15.8 Å². The molecule has 0 heterocycles. The summed E-state index contributed by atoms with van der Waals surface area (Å²) in [6.45, 7) is 2.13. The fraction of sp³-hybridized carbons (Fsp3) is 0.0222. The molecule has 0 fully saturated rings. The molecule has 9 heteroatoms. The molecule has 0 bridgehead atoms. The van der Waals surface area contributed by atoms with Crippen LogP contribution < -0.4 is 47.8 Å². The molecule has 0 amide bonds. The summed E-state index contributed by atoms with van der Waals surface area (Å²) in [7, 11) is 6.55. The Morgan fingerprint density at radius 3 is 1.13 bits per heavy atom. The van der Waals surface area contributed by atoms with Gasteiger partial charge >= 0.3 is 0 Å². The first-order valence-corrected chi connectivity index (χ1v) is 22.0. The summed E-state index contributed by atoms with van der Waals surface area (Å²) in [6.07, 6.45) is 0. The zero-order valence-electron chi connectivity index (χ0n) is 29.8. The highest BCUT2D eigenvalue weighted by Crippen LogP contribution is 2.40. The third kappa shape index (κ3) is 9.28. The van der Waals surface area contributed by atoms with Gasteiger partial charge in [0.25, 0.3) is 0 Å². The van der Waals surface area contributed by atoms with Crippen LogP contribution in [0.2, 0.25) is 0 Å². The van der Waals surface area contributed by atoms with Gasteiger partial charge in [-0.2, -0.15) is 0 Å². The number of anilines is 2. The molecule has 2 N–H and O–H groups in total. The number of para-hydroxylation sites is 2. The summed E-state index contributed by atoms with van der Waals surface area (Å²) < 4.78 is 0. The minimum absolute atomic E-state index is 0.815. The van der Waals surface area contributed by atoms with Crippen molar-refractivity contribution in [1.82, 2.24) is 0 Å². The summed E-state index contributed by atoms with van der Waals surface area (Å²) in [6, 6.07) is 63.5. The Labute approximate surface area is 328 Å². The fourth-order valence-electron chi connectivity index (χ4n) is 6.06. The van der Waals surface area contributed by atoms with E-state index in [2.05, 4.69) is 221 Å². The van der Waals surface area contributed by atoms with Crippen molar-refractivity contribution in [3.05, 3.63) is 188 Å². The second-order valence-corrected chi connectivity index (χ2v) is 18.6. The van der Waals surface area contributed by atoms with Crippen LogP contribution in [0.1, 0.15) is 5.56 Å². The highest BCUT2D eigenvalue weighted by atomic mass is 31.1. The molecule has 7 aromatic carbocycles. The van der Waals surface area contributed by atoms with Gasteiger partial charge in [-0.25, -0.2) is 9.98 Å². The summed E-state index contributed by atoms with van der Waals surface area (Å²) in [5.41, 5.74) is 6.60. The van der Waals surface area contributed by atoms with Gasteiger partial charge in [0.2, 0.25) is 0 Å². The highest BCUT2D eigenvalue weighted by molar-refractivity contribution is 7.88. The third-order valence-corrected chi connectivity index (χ3v) is 14.7. The smallest absolute Gasteiger partial charge is 0.138 e. The van der Waals surface area contributed by atoms with Crippen LogP contribution in [0.3, 0.4) is 0 Å². The second-order valence-electron chi connectivity index (χ2n) is 12.5. The summed E-state index contributed by atoms with van der Waals surface area (Å²) in [5.74, 6) is 0. The van der Waals surface area contributed by atoms with Gasteiger partial charge in [-0.3, -0.25) is 0 Å². The van der Waals surface area contributed by atoms with Crippen molar-refractivity contribution in [3.8, 4) is 0 Å². The van der Waals surface area contributed by atoms with Crippen LogP contribution in [0.5, 0.6) is 0 Å². The van der Waals surface area contributed by atoms with Gasteiger partial charge in [0, 0.05) is 21.5 Å². The predicted molar refractivity (Wildman–Crippen MR) is 252 cm³/mol. The predicted octanol–water partition coefficient (Wildman–Crippen LogP) is 8.96. The average molecular weight is 793 g/mol. The maximum absolute atomic E-state index is 5.46. The Balaban J connectivity index is 1.40. The van der Waals surface area contributed by atoms with Crippen LogP contribution in [-0.2, 0) is 0 Å². The van der Waals surface area contributed by atoms with Crippen LogP contribution in [0.25, 0.3) is 0 Å². The first-order valence-electron chi connectivity index (χ1n) is 17.6. The Morgan fingerprint density at radius 2 is 0.741 bits per heavy atom. The van der Waals surface area contributed by atoms with Crippen molar-refractivity contribution >= 4 is 115 Å². The number of nitrogens with one attached hydrogen (secondary N) is 2. The number of hydrogen-bond acceptors (Lipinski definition) is 2. The SMILES string of the molecule is Cc1cccc(P)c1NC(=Nc1cccc(N=C(Nc2c(P)cccc2P)P(c2ccccc2)c2ccccc2)c1)P(c1ccccc1)c1ccccc1. The molecule has 0 saturated carbocycles. The molecule has 3 unspecified atom stereocenters. The van der Waals surface area contributed by atoms with E-state index >= 15 is 0 Å². The second kappa shape index (κ2) is 18.3. The number of nitrogens with zero attached hydrogens (tertiary/aromatic N) is 2. The van der Waals surface area contributed by atoms with Gasteiger partial charge in [0.15, 0.2) is 0 Å². The van der Waals surface area contributed by atoms with Gasteiger partial charge in [-0.15, -0.1) is 27.7 Å². The van der Waals surface area contributed by atoms with Crippen molar-refractivity contribution in [2.75, 3.05) is 10.6 Å². The molecule has 0 aliphatic heterocycles. The van der Waals surface area contributed by atoms with E-state index in [9.17, 15) is 0 Å². The molecule has 0 saturated heterocycles. The van der Waals surface area contributed by atoms with Gasteiger partial charge in [-0.05, 0) is 67.8 Å². The van der Waals surface area contributed by atoms with E-state index in [1.165, 1.54) is 21.2 Å².